The van der Waals surface area contributed by atoms with Crippen LogP contribution in [-0.2, 0) is 14.8 Å². The number of nitrogens with one attached hydrogen (secondary N) is 2. The molecule has 0 spiro atoms. The van der Waals surface area contributed by atoms with Crippen LogP contribution in [0.3, 0.4) is 0 Å². The lowest BCUT2D eigenvalue weighted by molar-refractivity contribution is -0.120. The molecule has 0 aromatic heterocycles. The van der Waals surface area contributed by atoms with Gasteiger partial charge in [0, 0.05) is 26.2 Å². The van der Waals surface area contributed by atoms with Gasteiger partial charge in [0.2, 0.25) is 15.9 Å². The number of carbonyl (C=O) groups excluding carboxylic acids is 2. The quantitative estimate of drug-likeness (QED) is 0.640. The molecule has 0 aliphatic rings. The molecule has 0 saturated carbocycles. The zero-order valence-corrected chi connectivity index (χ0v) is 14.1. The third-order valence-corrected chi connectivity index (χ3v) is 4.44. The van der Waals surface area contributed by atoms with Gasteiger partial charge >= 0.3 is 0 Å². The van der Waals surface area contributed by atoms with Crippen molar-refractivity contribution in [2.45, 2.75) is 6.42 Å². The fourth-order valence-corrected chi connectivity index (χ4v) is 2.15. The summed E-state index contributed by atoms with van der Waals surface area (Å²) in [6, 6.07) is 2.50. The molecule has 0 heterocycles. The van der Waals surface area contributed by atoms with Gasteiger partial charge in [-0.05, 0) is 18.6 Å². The molecule has 1 aromatic carbocycles. The number of hydrogen-bond donors (Lipinski definition) is 2. The number of carbonyl (C=O) groups is 2. The summed E-state index contributed by atoms with van der Waals surface area (Å²) in [5.74, 6) is -3.16. The van der Waals surface area contributed by atoms with E-state index in [1.807, 2.05) is 0 Å². The van der Waals surface area contributed by atoms with Crippen molar-refractivity contribution in [2.75, 3.05) is 32.9 Å². The van der Waals surface area contributed by atoms with Gasteiger partial charge in [0.1, 0.15) is 11.6 Å². The van der Waals surface area contributed by atoms with E-state index in [9.17, 15) is 26.8 Å². The normalized spacial score (nSPS) is 11.4. The molecule has 0 fully saturated rings. The van der Waals surface area contributed by atoms with E-state index in [2.05, 4.69) is 10.6 Å². The first-order chi connectivity index (χ1) is 11.1. The lowest BCUT2D eigenvalue weighted by Crippen LogP contribution is -2.38. The second-order valence-electron chi connectivity index (χ2n) is 5.09. The van der Waals surface area contributed by atoms with Crippen molar-refractivity contribution in [3.8, 4) is 0 Å². The van der Waals surface area contributed by atoms with Crippen molar-refractivity contribution in [1.82, 2.24) is 14.9 Å². The lowest BCUT2D eigenvalue weighted by Gasteiger charge is -2.14. The molecule has 2 amide bonds. The molecule has 0 bridgehead atoms. The van der Waals surface area contributed by atoms with Crippen LogP contribution in [0.1, 0.15) is 16.8 Å². The van der Waals surface area contributed by atoms with Crippen molar-refractivity contribution < 1.29 is 26.8 Å². The highest BCUT2D eigenvalue weighted by molar-refractivity contribution is 7.88. The highest BCUT2D eigenvalue weighted by atomic mass is 32.2. The summed E-state index contributed by atoms with van der Waals surface area (Å²) in [6.45, 7) is 0.0866. The lowest BCUT2D eigenvalue weighted by atomic mass is 10.2. The standard InChI is InChI=1S/C14H19F2N3O4S/c1-19(24(2,22)23)7-3-6-17-13(20)9-18-14(21)11-5-4-10(15)8-12(11)16/h4-5,8H,3,6-7,9H2,1-2H3,(H,17,20)(H,18,21). The molecule has 0 radical (unpaired) electrons. The van der Waals surface area contributed by atoms with Crippen LogP contribution in [0.5, 0.6) is 0 Å². The first-order valence-electron chi connectivity index (χ1n) is 7.02. The zero-order chi connectivity index (χ0) is 18.3. The van der Waals surface area contributed by atoms with Gasteiger partial charge in [0.25, 0.3) is 5.91 Å². The number of sulfonamides is 1. The van der Waals surface area contributed by atoms with Gasteiger partial charge in [0.15, 0.2) is 0 Å². The average molecular weight is 363 g/mol. The molecule has 0 aliphatic heterocycles. The van der Waals surface area contributed by atoms with Crippen molar-refractivity contribution in [2.24, 2.45) is 0 Å². The number of nitrogens with zero attached hydrogens (tertiary/aromatic N) is 1. The van der Waals surface area contributed by atoms with Crippen LogP contribution in [0, 0.1) is 11.6 Å². The molecule has 0 atom stereocenters. The second kappa shape index (κ2) is 8.69. The topological polar surface area (TPSA) is 95.6 Å². The minimum Gasteiger partial charge on any atom is -0.355 e. The van der Waals surface area contributed by atoms with E-state index in [0.717, 1.165) is 22.7 Å². The van der Waals surface area contributed by atoms with Crippen LogP contribution >= 0.6 is 0 Å². The smallest absolute Gasteiger partial charge is 0.254 e. The van der Waals surface area contributed by atoms with E-state index in [1.54, 1.807) is 0 Å². The maximum Gasteiger partial charge on any atom is 0.254 e. The van der Waals surface area contributed by atoms with Crippen LogP contribution in [0.25, 0.3) is 0 Å². The summed E-state index contributed by atoms with van der Waals surface area (Å²) in [5, 5.41) is 4.70. The van der Waals surface area contributed by atoms with Crippen LogP contribution < -0.4 is 10.6 Å². The molecule has 0 aliphatic carbocycles. The number of rotatable bonds is 8. The molecule has 1 rings (SSSR count). The highest BCUT2D eigenvalue weighted by Gasteiger charge is 2.14. The summed E-state index contributed by atoms with van der Waals surface area (Å²) in [4.78, 5) is 23.2. The largest absolute Gasteiger partial charge is 0.355 e. The molecule has 0 saturated heterocycles. The summed E-state index contributed by atoms with van der Waals surface area (Å²) in [5.41, 5.74) is -0.362. The van der Waals surface area contributed by atoms with Crippen molar-refractivity contribution in [1.29, 1.82) is 0 Å². The first kappa shape index (κ1) is 20.0. The number of halogens is 2. The third kappa shape index (κ3) is 6.59. The molecular formula is C14H19F2N3O4S. The van der Waals surface area contributed by atoms with Crippen LogP contribution in [-0.4, -0.2) is 57.5 Å². The molecule has 0 unspecified atom stereocenters. The molecular weight excluding hydrogens is 344 g/mol. The Morgan fingerprint density at radius 1 is 1.21 bits per heavy atom. The Balaban J connectivity index is 2.32. The van der Waals surface area contributed by atoms with Gasteiger partial charge in [-0.1, -0.05) is 0 Å². The summed E-state index contributed by atoms with van der Waals surface area (Å²) < 4.78 is 49.6. The van der Waals surface area contributed by atoms with Gasteiger partial charge in [-0.15, -0.1) is 0 Å². The van der Waals surface area contributed by atoms with E-state index in [-0.39, 0.29) is 25.2 Å². The first-order valence-corrected chi connectivity index (χ1v) is 8.87. The molecule has 134 valence electrons. The van der Waals surface area contributed by atoms with E-state index < -0.39 is 33.5 Å². The number of hydrogen-bond acceptors (Lipinski definition) is 4. The third-order valence-electron chi connectivity index (χ3n) is 3.12. The van der Waals surface area contributed by atoms with Gasteiger partial charge in [-0.3, -0.25) is 9.59 Å². The van der Waals surface area contributed by atoms with E-state index >= 15 is 0 Å². The fraction of sp³-hybridized carbons (Fsp3) is 0.429. The predicted molar refractivity (Wildman–Crippen MR) is 83.8 cm³/mol. The van der Waals surface area contributed by atoms with Gasteiger partial charge in [-0.25, -0.2) is 21.5 Å². The molecule has 24 heavy (non-hydrogen) atoms. The molecule has 1 aromatic rings. The Bertz CT molecular complexity index is 710. The summed E-state index contributed by atoms with van der Waals surface area (Å²) >= 11 is 0. The van der Waals surface area contributed by atoms with Crippen molar-refractivity contribution in [3.63, 3.8) is 0 Å². The van der Waals surface area contributed by atoms with Crippen LogP contribution in [0.15, 0.2) is 18.2 Å². The van der Waals surface area contributed by atoms with E-state index in [4.69, 9.17) is 0 Å². The summed E-state index contributed by atoms with van der Waals surface area (Å²) in [6.07, 6.45) is 1.48. The Hall–Kier alpha value is -2.07. The van der Waals surface area contributed by atoms with E-state index in [0.29, 0.717) is 12.5 Å². The van der Waals surface area contributed by atoms with Gasteiger partial charge in [0.05, 0.1) is 18.4 Å². The Kier molecular flexibility index (Phi) is 7.23. The van der Waals surface area contributed by atoms with Crippen molar-refractivity contribution >= 4 is 21.8 Å². The van der Waals surface area contributed by atoms with Crippen molar-refractivity contribution in [3.05, 3.63) is 35.4 Å². The monoisotopic (exact) mass is 363 g/mol. The fourth-order valence-electron chi connectivity index (χ4n) is 1.69. The second-order valence-corrected chi connectivity index (χ2v) is 7.18. The van der Waals surface area contributed by atoms with Gasteiger partial charge in [-0.2, -0.15) is 0 Å². The Morgan fingerprint density at radius 2 is 1.88 bits per heavy atom. The predicted octanol–water partition coefficient (Wildman–Crippen LogP) is 0.0923. The Labute approximate surface area is 139 Å². The minimum atomic E-state index is -3.26. The maximum absolute atomic E-state index is 13.4. The maximum atomic E-state index is 13.4. The molecule has 7 nitrogen and oxygen atoms in total. The van der Waals surface area contributed by atoms with Crippen LogP contribution in [0.4, 0.5) is 8.78 Å². The van der Waals surface area contributed by atoms with E-state index in [1.165, 1.54) is 7.05 Å². The molecule has 2 N–H and O–H groups in total. The Morgan fingerprint density at radius 3 is 2.46 bits per heavy atom. The number of benzene rings is 1. The highest BCUT2D eigenvalue weighted by Crippen LogP contribution is 2.08. The minimum absolute atomic E-state index is 0.222. The SMILES string of the molecule is CN(CCCNC(=O)CNC(=O)c1ccc(F)cc1F)S(C)(=O)=O. The zero-order valence-electron chi connectivity index (χ0n) is 13.3. The van der Waals surface area contributed by atoms with Gasteiger partial charge < -0.3 is 10.6 Å². The number of amides is 2. The van der Waals surface area contributed by atoms with Crippen LogP contribution in [0.2, 0.25) is 0 Å². The average Bonchev–Trinajstić information content (AvgIpc) is 2.48. The molecule has 10 heteroatoms. The summed E-state index contributed by atoms with van der Waals surface area (Å²) in [7, 11) is -1.84.